The van der Waals surface area contributed by atoms with Crippen molar-refractivity contribution in [3.63, 3.8) is 0 Å². The fourth-order valence-corrected chi connectivity index (χ4v) is 2.48. The highest BCUT2D eigenvalue weighted by Crippen LogP contribution is 2.30. The van der Waals surface area contributed by atoms with E-state index in [1.807, 2.05) is 18.2 Å². The van der Waals surface area contributed by atoms with Crippen molar-refractivity contribution in [2.24, 2.45) is 0 Å². The van der Waals surface area contributed by atoms with Crippen molar-refractivity contribution in [1.29, 1.82) is 0 Å². The van der Waals surface area contributed by atoms with Gasteiger partial charge < -0.3 is 10.1 Å². The molecule has 1 heterocycles. The predicted octanol–water partition coefficient (Wildman–Crippen LogP) is 4.19. The van der Waals surface area contributed by atoms with Gasteiger partial charge >= 0.3 is 0 Å². The summed E-state index contributed by atoms with van der Waals surface area (Å²) >= 11 is 9.62. The lowest BCUT2D eigenvalue weighted by atomic mass is 10.2. The number of halogens is 2. The molecule has 0 saturated heterocycles. The predicted molar refractivity (Wildman–Crippen MR) is 85.1 cm³/mol. The van der Waals surface area contributed by atoms with Gasteiger partial charge in [-0.15, -0.1) is 0 Å². The Balaban J connectivity index is 2.14. The van der Waals surface area contributed by atoms with E-state index < -0.39 is 0 Å². The highest BCUT2D eigenvalue weighted by Gasteiger charge is 2.09. The summed E-state index contributed by atoms with van der Waals surface area (Å²) in [6, 6.07) is 7.89. The topological polar surface area (TPSA) is 34.1 Å². The Hall–Kier alpha value is -1.10. The Morgan fingerprint density at radius 2 is 2.15 bits per heavy atom. The first kappa shape index (κ1) is 15.3. The van der Waals surface area contributed by atoms with Crippen molar-refractivity contribution in [2.75, 3.05) is 6.54 Å². The van der Waals surface area contributed by atoms with Gasteiger partial charge in [0.2, 0.25) is 0 Å². The standard InChI is InChI=1S/C15H16BrClN2O/c1-2-18-8-11-4-3-5-13(16)15(11)20-10-12-6-7-19-9-14(12)17/h3-7,9,18H,2,8,10H2,1H3. The van der Waals surface area contributed by atoms with Crippen molar-refractivity contribution >= 4 is 27.5 Å². The zero-order valence-corrected chi connectivity index (χ0v) is 13.5. The molecule has 1 aromatic carbocycles. The van der Waals surface area contributed by atoms with Crippen LogP contribution in [-0.4, -0.2) is 11.5 Å². The number of nitrogens with zero attached hydrogens (tertiary/aromatic N) is 1. The van der Waals surface area contributed by atoms with Gasteiger partial charge in [-0.25, -0.2) is 0 Å². The van der Waals surface area contributed by atoms with E-state index in [0.29, 0.717) is 11.6 Å². The Morgan fingerprint density at radius 1 is 1.30 bits per heavy atom. The zero-order valence-electron chi connectivity index (χ0n) is 11.2. The summed E-state index contributed by atoms with van der Waals surface area (Å²) in [5.41, 5.74) is 2.04. The van der Waals surface area contributed by atoms with Gasteiger partial charge in [0.1, 0.15) is 12.4 Å². The van der Waals surface area contributed by atoms with E-state index in [1.54, 1.807) is 12.4 Å². The first-order valence-electron chi connectivity index (χ1n) is 6.41. The molecule has 0 aliphatic rings. The molecule has 0 radical (unpaired) electrons. The van der Waals surface area contributed by atoms with Crippen molar-refractivity contribution in [2.45, 2.75) is 20.1 Å². The molecule has 2 rings (SSSR count). The second kappa shape index (κ2) is 7.62. The van der Waals surface area contributed by atoms with E-state index in [2.05, 4.69) is 39.2 Å². The van der Waals surface area contributed by atoms with Crippen LogP contribution < -0.4 is 10.1 Å². The van der Waals surface area contributed by atoms with Crippen molar-refractivity contribution in [3.8, 4) is 5.75 Å². The van der Waals surface area contributed by atoms with Gasteiger partial charge in [-0.2, -0.15) is 0 Å². The summed E-state index contributed by atoms with van der Waals surface area (Å²) in [5, 5.41) is 3.92. The molecular weight excluding hydrogens is 340 g/mol. The molecule has 20 heavy (non-hydrogen) atoms. The molecule has 0 unspecified atom stereocenters. The first-order chi connectivity index (χ1) is 9.72. The molecule has 0 saturated carbocycles. The number of para-hydroxylation sites is 1. The lowest BCUT2D eigenvalue weighted by Crippen LogP contribution is -2.13. The summed E-state index contributed by atoms with van der Waals surface area (Å²) in [6.45, 7) is 4.19. The number of benzene rings is 1. The molecule has 106 valence electrons. The van der Waals surface area contributed by atoms with Crippen LogP contribution in [0.5, 0.6) is 5.75 Å². The summed E-state index contributed by atoms with van der Waals surface area (Å²) in [7, 11) is 0. The molecule has 0 atom stereocenters. The van der Waals surface area contributed by atoms with Crippen LogP contribution in [0.15, 0.2) is 41.1 Å². The van der Waals surface area contributed by atoms with E-state index in [0.717, 1.165) is 34.4 Å². The van der Waals surface area contributed by atoms with Gasteiger partial charge in [0.15, 0.2) is 0 Å². The Bertz CT molecular complexity index is 578. The minimum Gasteiger partial charge on any atom is -0.487 e. The van der Waals surface area contributed by atoms with E-state index in [-0.39, 0.29) is 0 Å². The second-order valence-electron chi connectivity index (χ2n) is 4.26. The van der Waals surface area contributed by atoms with Crippen LogP contribution in [0.2, 0.25) is 5.02 Å². The SMILES string of the molecule is CCNCc1cccc(Br)c1OCc1ccncc1Cl. The fourth-order valence-electron chi connectivity index (χ4n) is 1.78. The Kier molecular flexibility index (Phi) is 5.83. The lowest BCUT2D eigenvalue weighted by Gasteiger charge is -2.14. The molecule has 5 heteroatoms. The second-order valence-corrected chi connectivity index (χ2v) is 5.53. The molecule has 0 spiro atoms. The van der Waals surface area contributed by atoms with Crippen LogP contribution >= 0.6 is 27.5 Å². The van der Waals surface area contributed by atoms with Crippen LogP contribution in [-0.2, 0) is 13.2 Å². The Labute approximate surface area is 132 Å². The molecule has 0 fully saturated rings. The van der Waals surface area contributed by atoms with Crippen molar-refractivity contribution in [1.82, 2.24) is 10.3 Å². The largest absolute Gasteiger partial charge is 0.487 e. The first-order valence-corrected chi connectivity index (χ1v) is 7.58. The molecule has 3 nitrogen and oxygen atoms in total. The van der Waals surface area contributed by atoms with Gasteiger partial charge in [-0.05, 0) is 34.6 Å². The monoisotopic (exact) mass is 354 g/mol. The molecule has 0 aliphatic carbocycles. The van der Waals surface area contributed by atoms with Gasteiger partial charge in [-0.1, -0.05) is 30.7 Å². The maximum atomic E-state index is 6.09. The highest BCUT2D eigenvalue weighted by atomic mass is 79.9. The zero-order chi connectivity index (χ0) is 14.4. The number of aromatic nitrogens is 1. The quantitative estimate of drug-likeness (QED) is 0.844. The van der Waals surface area contributed by atoms with Crippen LogP contribution in [0.25, 0.3) is 0 Å². The summed E-state index contributed by atoms with van der Waals surface area (Å²) in [5.74, 6) is 0.848. The number of pyridine rings is 1. The molecular formula is C15H16BrClN2O. The third-order valence-electron chi connectivity index (χ3n) is 2.84. The molecule has 2 aromatic rings. The van der Waals surface area contributed by atoms with E-state index in [1.165, 1.54) is 0 Å². The fraction of sp³-hybridized carbons (Fsp3) is 0.267. The van der Waals surface area contributed by atoms with E-state index in [9.17, 15) is 0 Å². The van der Waals surface area contributed by atoms with Crippen LogP contribution in [0.3, 0.4) is 0 Å². The molecule has 0 bridgehead atoms. The number of hydrogen-bond donors (Lipinski definition) is 1. The normalized spacial score (nSPS) is 10.6. The van der Waals surface area contributed by atoms with Gasteiger partial charge in [-0.3, -0.25) is 4.98 Å². The maximum Gasteiger partial charge on any atom is 0.138 e. The van der Waals surface area contributed by atoms with Crippen LogP contribution in [0.1, 0.15) is 18.1 Å². The molecule has 0 amide bonds. The summed E-state index contributed by atoms with van der Waals surface area (Å²) in [4.78, 5) is 3.97. The number of ether oxygens (including phenoxy) is 1. The Morgan fingerprint density at radius 3 is 2.90 bits per heavy atom. The summed E-state index contributed by atoms with van der Waals surface area (Å²) in [6.07, 6.45) is 3.34. The summed E-state index contributed by atoms with van der Waals surface area (Å²) < 4.78 is 6.88. The van der Waals surface area contributed by atoms with Crippen LogP contribution in [0, 0.1) is 0 Å². The molecule has 0 aliphatic heterocycles. The average molecular weight is 356 g/mol. The average Bonchev–Trinajstić information content (AvgIpc) is 2.45. The minimum absolute atomic E-state index is 0.420. The lowest BCUT2D eigenvalue weighted by molar-refractivity contribution is 0.300. The smallest absolute Gasteiger partial charge is 0.138 e. The number of hydrogen-bond acceptors (Lipinski definition) is 3. The minimum atomic E-state index is 0.420. The van der Waals surface area contributed by atoms with Crippen molar-refractivity contribution in [3.05, 3.63) is 57.3 Å². The van der Waals surface area contributed by atoms with Gasteiger partial charge in [0, 0.05) is 30.1 Å². The molecule has 1 aromatic heterocycles. The number of nitrogens with one attached hydrogen (secondary N) is 1. The third kappa shape index (κ3) is 3.95. The van der Waals surface area contributed by atoms with Crippen LogP contribution in [0.4, 0.5) is 0 Å². The van der Waals surface area contributed by atoms with E-state index >= 15 is 0 Å². The van der Waals surface area contributed by atoms with Crippen molar-refractivity contribution < 1.29 is 4.74 Å². The maximum absolute atomic E-state index is 6.09. The molecule has 1 N–H and O–H groups in total. The third-order valence-corrected chi connectivity index (χ3v) is 3.81. The van der Waals surface area contributed by atoms with E-state index in [4.69, 9.17) is 16.3 Å². The van der Waals surface area contributed by atoms with Gasteiger partial charge in [0.25, 0.3) is 0 Å². The number of rotatable bonds is 6. The van der Waals surface area contributed by atoms with Gasteiger partial charge in [0.05, 0.1) is 9.50 Å². The highest BCUT2D eigenvalue weighted by molar-refractivity contribution is 9.10.